The minimum absolute atomic E-state index is 0.222. The SMILES string of the molecule is COCC(CCl)NC(=O)c1nccc2ccccc12. The van der Waals surface area contributed by atoms with Crippen molar-refractivity contribution in [3.05, 3.63) is 42.2 Å². The van der Waals surface area contributed by atoms with Gasteiger partial charge in [-0.1, -0.05) is 24.3 Å². The van der Waals surface area contributed by atoms with Crippen LogP contribution in [0.1, 0.15) is 10.5 Å². The average molecular weight is 279 g/mol. The lowest BCUT2D eigenvalue weighted by Gasteiger charge is -2.15. The summed E-state index contributed by atoms with van der Waals surface area (Å²) in [5.41, 5.74) is 0.407. The Morgan fingerprint density at radius 2 is 2.21 bits per heavy atom. The number of fused-ring (bicyclic) bond motifs is 1. The van der Waals surface area contributed by atoms with Gasteiger partial charge in [-0.2, -0.15) is 0 Å². The van der Waals surface area contributed by atoms with Gasteiger partial charge in [-0.25, -0.2) is 0 Å². The van der Waals surface area contributed by atoms with Crippen molar-refractivity contribution in [1.29, 1.82) is 0 Å². The van der Waals surface area contributed by atoms with Crippen molar-refractivity contribution < 1.29 is 9.53 Å². The highest BCUT2D eigenvalue weighted by molar-refractivity contribution is 6.18. The van der Waals surface area contributed by atoms with Crippen LogP contribution in [0.5, 0.6) is 0 Å². The molecular weight excluding hydrogens is 264 g/mol. The summed E-state index contributed by atoms with van der Waals surface area (Å²) in [4.78, 5) is 16.4. The molecule has 0 saturated heterocycles. The zero-order valence-electron chi connectivity index (χ0n) is 10.6. The van der Waals surface area contributed by atoms with Gasteiger partial charge in [-0.3, -0.25) is 9.78 Å². The number of methoxy groups -OCH3 is 1. The monoisotopic (exact) mass is 278 g/mol. The predicted octanol–water partition coefficient (Wildman–Crippen LogP) is 2.22. The Hall–Kier alpha value is -1.65. The maximum atomic E-state index is 12.2. The van der Waals surface area contributed by atoms with E-state index in [4.69, 9.17) is 16.3 Å². The van der Waals surface area contributed by atoms with E-state index in [0.717, 1.165) is 10.8 Å². The first-order valence-corrected chi connectivity index (χ1v) is 6.49. The number of pyridine rings is 1. The van der Waals surface area contributed by atoms with Crippen molar-refractivity contribution >= 4 is 28.3 Å². The first-order valence-electron chi connectivity index (χ1n) is 5.95. The lowest BCUT2D eigenvalue weighted by molar-refractivity contribution is 0.0903. The molecule has 1 N–H and O–H groups in total. The molecule has 5 heteroatoms. The van der Waals surface area contributed by atoms with Crippen LogP contribution in [0.2, 0.25) is 0 Å². The van der Waals surface area contributed by atoms with Gasteiger partial charge in [0.1, 0.15) is 5.69 Å². The second kappa shape index (κ2) is 6.50. The number of hydrogen-bond acceptors (Lipinski definition) is 3. The van der Waals surface area contributed by atoms with Crippen molar-refractivity contribution in [2.24, 2.45) is 0 Å². The Morgan fingerprint density at radius 1 is 1.42 bits per heavy atom. The molecular formula is C14H15ClN2O2. The fourth-order valence-electron chi connectivity index (χ4n) is 1.88. The summed E-state index contributed by atoms with van der Waals surface area (Å²) < 4.78 is 5.00. The lowest BCUT2D eigenvalue weighted by Crippen LogP contribution is -2.39. The molecule has 0 aliphatic rings. The number of alkyl halides is 1. The molecule has 0 saturated carbocycles. The minimum Gasteiger partial charge on any atom is -0.383 e. The van der Waals surface area contributed by atoms with Gasteiger partial charge in [-0.05, 0) is 11.5 Å². The highest BCUT2D eigenvalue weighted by Gasteiger charge is 2.15. The lowest BCUT2D eigenvalue weighted by atomic mass is 10.1. The van der Waals surface area contributed by atoms with E-state index in [1.165, 1.54) is 0 Å². The number of halogens is 1. The van der Waals surface area contributed by atoms with Crippen molar-refractivity contribution in [1.82, 2.24) is 10.3 Å². The van der Waals surface area contributed by atoms with Gasteiger partial charge in [0.25, 0.3) is 5.91 Å². The van der Waals surface area contributed by atoms with E-state index in [0.29, 0.717) is 18.2 Å². The number of carbonyl (C=O) groups is 1. The van der Waals surface area contributed by atoms with E-state index < -0.39 is 0 Å². The van der Waals surface area contributed by atoms with Crippen LogP contribution < -0.4 is 5.32 Å². The number of nitrogens with zero attached hydrogens (tertiary/aromatic N) is 1. The van der Waals surface area contributed by atoms with Crippen LogP contribution in [0.25, 0.3) is 10.8 Å². The Morgan fingerprint density at radius 3 is 2.95 bits per heavy atom. The number of aromatic nitrogens is 1. The molecule has 1 amide bonds. The zero-order valence-corrected chi connectivity index (χ0v) is 11.4. The fraction of sp³-hybridized carbons (Fsp3) is 0.286. The molecule has 0 spiro atoms. The maximum absolute atomic E-state index is 12.2. The zero-order chi connectivity index (χ0) is 13.7. The van der Waals surface area contributed by atoms with Gasteiger partial charge in [0.05, 0.1) is 12.6 Å². The number of nitrogens with one attached hydrogen (secondary N) is 1. The molecule has 0 aliphatic carbocycles. The van der Waals surface area contributed by atoms with E-state index in [-0.39, 0.29) is 11.9 Å². The molecule has 0 radical (unpaired) electrons. The van der Waals surface area contributed by atoms with Crippen LogP contribution in [-0.4, -0.2) is 36.5 Å². The molecule has 19 heavy (non-hydrogen) atoms. The highest BCUT2D eigenvalue weighted by Crippen LogP contribution is 2.16. The van der Waals surface area contributed by atoms with E-state index in [2.05, 4.69) is 10.3 Å². The van der Waals surface area contributed by atoms with Crippen LogP contribution in [0.15, 0.2) is 36.5 Å². The van der Waals surface area contributed by atoms with Gasteiger partial charge in [0, 0.05) is 24.6 Å². The largest absolute Gasteiger partial charge is 0.383 e. The predicted molar refractivity (Wildman–Crippen MR) is 75.6 cm³/mol. The first kappa shape index (κ1) is 13.8. The third-order valence-electron chi connectivity index (χ3n) is 2.78. The molecule has 2 rings (SSSR count). The topological polar surface area (TPSA) is 51.2 Å². The number of carbonyl (C=O) groups excluding carboxylic acids is 1. The van der Waals surface area contributed by atoms with Gasteiger partial charge >= 0.3 is 0 Å². The van der Waals surface area contributed by atoms with Crippen LogP contribution in [-0.2, 0) is 4.74 Å². The summed E-state index contributed by atoms with van der Waals surface area (Å²) in [5, 5.41) is 4.63. The Balaban J connectivity index is 2.26. The summed E-state index contributed by atoms with van der Waals surface area (Å²) in [6.07, 6.45) is 1.63. The quantitative estimate of drug-likeness (QED) is 0.853. The van der Waals surface area contributed by atoms with E-state index in [1.807, 2.05) is 30.3 Å². The summed E-state index contributed by atoms with van der Waals surface area (Å²) in [6.45, 7) is 0.375. The van der Waals surface area contributed by atoms with Crippen LogP contribution in [0.3, 0.4) is 0 Å². The molecule has 1 aromatic heterocycles. The van der Waals surface area contributed by atoms with Gasteiger partial charge in [0.15, 0.2) is 0 Å². The summed E-state index contributed by atoms with van der Waals surface area (Å²) in [6, 6.07) is 9.29. The number of ether oxygens (including phenoxy) is 1. The molecule has 1 heterocycles. The van der Waals surface area contributed by atoms with E-state index in [9.17, 15) is 4.79 Å². The van der Waals surface area contributed by atoms with E-state index in [1.54, 1.807) is 13.3 Å². The van der Waals surface area contributed by atoms with Crippen molar-refractivity contribution in [2.75, 3.05) is 19.6 Å². The Kier molecular flexibility index (Phi) is 4.71. The van der Waals surface area contributed by atoms with Crippen LogP contribution >= 0.6 is 11.6 Å². The molecule has 0 bridgehead atoms. The molecule has 0 fully saturated rings. The minimum atomic E-state index is -0.237. The van der Waals surface area contributed by atoms with Crippen LogP contribution in [0, 0.1) is 0 Å². The molecule has 0 aliphatic heterocycles. The summed E-state index contributed by atoms with van der Waals surface area (Å²) in [7, 11) is 1.57. The standard InChI is InChI=1S/C14H15ClN2O2/c1-19-9-11(8-15)17-14(18)13-12-5-3-2-4-10(12)6-7-16-13/h2-7,11H,8-9H2,1H3,(H,17,18). The van der Waals surface area contributed by atoms with Crippen LogP contribution in [0.4, 0.5) is 0 Å². The average Bonchev–Trinajstić information content (AvgIpc) is 2.46. The fourth-order valence-corrected chi connectivity index (χ4v) is 2.05. The van der Waals surface area contributed by atoms with Crippen molar-refractivity contribution in [3.8, 4) is 0 Å². The van der Waals surface area contributed by atoms with Crippen molar-refractivity contribution in [3.63, 3.8) is 0 Å². The Bertz CT molecular complexity index is 569. The molecule has 1 atom stereocenters. The third-order valence-corrected chi connectivity index (χ3v) is 3.15. The summed E-state index contributed by atoms with van der Waals surface area (Å²) >= 11 is 5.78. The number of hydrogen-bond donors (Lipinski definition) is 1. The smallest absolute Gasteiger partial charge is 0.270 e. The third kappa shape index (κ3) is 3.22. The molecule has 2 aromatic rings. The normalized spacial score (nSPS) is 12.3. The van der Waals surface area contributed by atoms with Crippen molar-refractivity contribution in [2.45, 2.75) is 6.04 Å². The van der Waals surface area contributed by atoms with E-state index >= 15 is 0 Å². The number of rotatable bonds is 5. The first-order chi connectivity index (χ1) is 9.26. The van der Waals surface area contributed by atoms with Gasteiger partial charge in [0.2, 0.25) is 0 Å². The molecule has 4 nitrogen and oxygen atoms in total. The second-order valence-corrected chi connectivity index (χ2v) is 4.47. The molecule has 1 unspecified atom stereocenters. The van der Waals surface area contributed by atoms with Gasteiger partial charge in [-0.15, -0.1) is 11.6 Å². The molecule has 100 valence electrons. The maximum Gasteiger partial charge on any atom is 0.270 e. The summed E-state index contributed by atoms with van der Waals surface area (Å²) in [5.74, 6) is 0.0594. The highest BCUT2D eigenvalue weighted by atomic mass is 35.5. The Labute approximate surface area is 116 Å². The molecule has 1 aromatic carbocycles. The van der Waals surface area contributed by atoms with Gasteiger partial charge < -0.3 is 10.1 Å². The number of amides is 1. The second-order valence-electron chi connectivity index (χ2n) is 4.16. The number of benzene rings is 1.